The number of nitrogens with one attached hydrogen (secondary N) is 1. The van der Waals surface area contributed by atoms with E-state index in [1.54, 1.807) is 0 Å². The van der Waals surface area contributed by atoms with Crippen LogP contribution in [0.2, 0.25) is 0 Å². The minimum atomic E-state index is -0.582. The van der Waals surface area contributed by atoms with Crippen LogP contribution in [0, 0.1) is 15.9 Å². The monoisotopic (exact) mass is 253 g/mol. The van der Waals surface area contributed by atoms with Crippen molar-refractivity contribution in [2.24, 2.45) is 0 Å². The van der Waals surface area contributed by atoms with Gasteiger partial charge < -0.3 is 10.2 Å². The predicted octanol–water partition coefficient (Wildman–Crippen LogP) is 1.92. The van der Waals surface area contributed by atoms with Crippen LogP contribution >= 0.6 is 0 Å². The molecule has 1 aliphatic rings. The zero-order valence-corrected chi connectivity index (χ0v) is 10.4. The highest BCUT2D eigenvalue weighted by molar-refractivity contribution is 5.63. The summed E-state index contributed by atoms with van der Waals surface area (Å²) in [4.78, 5) is 12.4. The fourth-order valence-electron chi connectivity index (χ4n) is 2.43. The number of hydrogen-bond acceptors (Lipinski definition) is 4. The Morgan fingerprint density at radius 3 is 2.56 bits per heavy atom. The van der Waals surface area contributed by atoms with E-state index in [1.165, 1.54) is 12.1 Å². The van der Waals surface area contributed by atoms with Crippen LogP contribution in [-0.2, 0) is 0 Å². The molecule has 1 fully saturated rings. The summed E-state index contributed by atoms with van der Waals surface area (Å²) in [6, 6.07) is 4.22. The van der Waals surface area contributed by atoms with E-state index in [2.05, 4.69) is 5.32 Å². The smallest absolute Gasteiger partial charge is 0.295 e. The number of halogens is 1. The van der Waals surface area contributed by atoms with Crippen LogP contribution < -0.4 is 10.2 Å². The number of hydrogen-bond donors (Lipinski definition) is 1. The quantitative estimate of drug-likeness (QED) is 0.646. The van der Waals surface area contributed by atoms with Gasteiger partial charge in [0.05, 0.1) is 11.0 Å². The van der Waals surface area contributed by atoms with Gasteiger partial charge in [-0.2, -0.15) is 0 Å². The Morgan fingerprint density at radius 1 is 1.39 bits per heavy atom. The van der Waals surface area contributed by atoms with E-state index in [0.29, 0.717) is 18.8 Å². The van der Waals surface area contributed by atoms with Crippen molar-refractivity contribution in [3.05, 3.63) is 34.1 Å². The van der Waals surface area contributed by atoms with Gasteiger partial charge in [-0.1, -0.05) is 0 Å². The maximum Gasteiger partial charge on any atom is 0.295 e. The number of piperazine rings is 1. The van der Waals surface area contributed by atoms with Gasteiger partial charge in [-0.3, -0.25) is 10.1 Å². The molecule has 0 saturated carbocycles. The molecular weight excluding hydrogens is 237 g/mol. The molecule has 1 aliphatic heterocycles. The molecule has 1 N–H and O–H groups in total. The van der Waals surface area contributed by atoms with Crippen LogP contribution in [0.5, 0.6) is 0 Å². The second kappa shape index (κ2) is 4.89. The van der Waals surface area contributed by atoms with Crippen molar-refractivity contribution >= 4 is 11.4 Å². The minimum absolute atomic E-state index is 0.170. The summed E-state index contributed by atoms with van der Waals surface area (Å²) in [5.41, 5.74) is 0.318. The second-order valence-electron chi connectivity index (χ2n) is 4.76. The van der Waals surface area contributed by atoms with Crippen LogP contribution in [0.4, 0.5) is 15.8 Å². The van der Waals surface area contributed by atoms with E-state index in [0.717, 1.165) is 6.07 Å². The summed E-state index contributed by atoms with van der Waals surface area (Å²) in [5.74, 6) is -0.582. The van der Waals surface area contributed by atoms with Crippen LogP contribution in [-0.4, -0.2) is 30.1 Å². The van der Waals surface area contributed by atoms with Gasteiger partial charge in [-0.25, -0.2) is 4.39 Å². The first-order valence-electron chi connectivity index (χ1n) is 5.92. The minimum Gasteiger partial charge on any atom is -0.363 e. The third-order valence-corrected chi connectivity index (χ3v) is 3.03. The summed E-state index contributed by atoms with van der Waals surface area (Å²) < 4.78 is 13.1. The van der Waals surface area contributed by atoms with Crippen molar-refractivity contribution in [2.45, 2.75) is 25.9 Å². The summed E-state index contributed by atoms with van der Waals surface area (Å²) in [7, 11) is 0. The van der Waals surface area contributed by atoms with E-state index >= 15 is 0 Å². The molecule has 6 heteroatoms. The third-order valence-electron chi connectivity index (χ3n) is 3.03. The molecule has 1 aromatic rings. The fourth-order valence-corrected chi connectivity index (χ4v) is 2.43. The summed E-state index contributed by atoms with van der Waals surface area (Å²) >= 11 is 0. The Morgan fingerprint density at radius 2 is 2.00 bits per heavy atom. The molecule has 1 aromatic carbocycles. The molecule has 0 aliphatic carbocycles. The van der Waals surface area contributed by atoms with E-state index in [-0.39, 0.29) is 17.8 Å². The first-order chi connectivity index (χ1) is 8.47. The molecule has 1 heterocycles. The maximum atomic E-state index is 13.1. The fraction of sp³-hybridized carbons (Fsp3) is 0.500. The third kappa shape index (κ3) is 2.59. The number of benzene rings is 1. The Hall–Kier alpha value is -1.69. The summed E-state index contributed by atoms with van der Waals surface area (Å²) in [6.45, 7) is 5.41. The Bertz CT molecular complexity index is 457. The maximum absolute atomic E-state index is 13.1. The van der Waals surface area contributed by atoms with E-state index < -0.39 is 10.7 Å². The van der Waals surface area contributed by atoms with Crippen LogP contribution in [0.1, 0.15) is 13.8 Å². The molecule has 0 amide bonds. The predicted molar refractivity (Wildman–Crippen MR) is 67.3 cm³/mol. The van der Waals surface area contributed by atoms with Gasteiger partial charge >= 0.3 is 0 Å². The molecule has 0 bridgehead atoms. The number of rotatable bonds is 2. The molecule has 0 radical (unpaired) electrons. The molecule has 98 valence electrons. The first-order valence-corrected chi connectivity index (χ1v) is 5.92. The lowest BCUT2D eigenvalue weighted by Crippen LogP contribution is -2.54. The topological polar surface area (TPSA) is 58.4 Å². The molecular formula is C12H16FN3O2. The molecule has 5 nitrogen and oxygen atoms in total. The lowest BCUT2D eigenvalue weighted by Gasteiger charge is -2.37. The lowest BCUT2D eigenvalue weighted by molar-refractivity contribution is -0.384. The zero-order chi connectivity index (χ0) is 13.3. The van der Waals surface area contributed by atoms with Gasteiger partial charge in [-0.15, -0.1) is 0 Å². The van der Waals surface area contributed by atoms with Crippen molar-refractivity contribution in [3.63, 3.8) is 0 Å². The summed E-state index contributed by atoms with van der Waals surface area (Å²) in [5, 5.41) is 14.3. The average Bonchev–Trinajstić information content (AvgIpc) is 2.27. The lowest BCUT2D eigenvalue weighted by atomic mass is 10.1. The average molecular weight is 253 g/mol. The van der Waals surface area contributed by atoms with Crippen molar-refractivity contribution in [2.75, 3.05) is 18.0 Å². The van der Waals surface area contributed by atoms with Crippen molar-refractivity contribution in [1.29, 1.82) is 0 Å². The molecule has 2 unspecified atom stereocenters. The first kappa shape index (κ1) is 12.8. The Balaban J connectivity index is 2.35. The highest BCUT2D eigenvalue weighted by atomic mass is 19.1. The normalized spacial score (nSPS) is 24.1. The van der Waals surface area contributed by atoms with Gasteiger partial charge in [0, 0.05) is 25.2 Å². The van der Waals surface area contributed by atoms with Gasteiger partial charge in [0.15, 0.2) is 0 Å². The van der Waals surface area contributed by atoms with Crippen molar-refractivity contribution in [3.8, 4) is 0 Å². The van der Waals surface area contributed by atoms with Crippen LogP contribution in [0.3, 0.4) is 0 Å². The Labute approximate surface area is 105 Å². The van der Waals surface area contributed by atoms with Gasteiger partial charge in [-0.05, 0) is 26.0 Å². The highest BCUT2D eigenvalue weighted by Gasteiger charge is 2.26. The number of nitro benzene ring substituents is 1. The largest absolute Gasteiger partial charge is 0.363 e. The second-order valence-corrected chi connectivity index (χ2v) is 4.76. The summed E-state index contributed by atoms with van der Waals surface area (Å²) in [6.07, 6.45) is 0. The Kier molecular flexibility index (Phi) is 3.47. The number of anilines is 1. The van der Waals surface area contributed by atoms with Crippen molar-refractivity contribution in [1.82, 2.24) is 5.32 Å². The van der Waals surface area contributed by atoms with E-state index in [9.17, 15) is 14.5 Å². The standard InChI is InChI=1S/C12H16FN3O2/c1-8-6-15(7-9(2)14-8)11-4-3-10(13)5-12(11)16(17)18/h3-5,8-9,14H,6-7H2,1-2H3. The molecule has 1 saturated heterocycles. The van der Waals surface area contributed by atoms with Gasteiger partial charge in [0.1, 0.15) is 11.5 Å². The van der Waals surface area contributed by atoms with Crippen molar-refractivity contribution < 1.29 is 9.31 Å². The molecule has 2 rings (SSSR count). The van der Waals surface area contributed by atoms with Gasteiger partial charge in [0.25, 0.3) is 5.69 Å². The molecule has 2 atom stereocenters. The van der Waals surface area contributed by atoms with E-state index in [4.69, 9.17) is 0 Å². The SMILES string of the molecule is CC1CN(c2ccc(F)cc2[N+](=O)[O-])CC(C)N1. The number of nitrogens with zero attached hydrogens (tertiary/aromatic N) is 2. The molecule has 18 heavy (non-hydrogen) atoms. The zero-order valence-electron chi connectivity index (χ0n) is 10.4. The highest BCUT2D eigenvalue weighted by Crippen LogP contribution is 2.30. The van der Waals surface area contributed by atoms with Gasteiger partial charge in [0.2, 0.25) is 0 Å². The molecule has 0 aromatic heterocycles. The van der Waals surface area contributed by atoms with Crippen LogP contribution in [0.25, 0.3) is 0 Å². The number of nitro groups is 1. The molecule has 0 spiro atoms. The van der Waals surface area contributed by atoms with E-state index in [1.807, 2.05) is 18.7 Å². The van der Waals surface area contributed by atoms with Crippen LogP contribution in [0.15, 0.2) is 18.2 Å².